The normalized spacial score (nSPS) is 10.6. The lowest BCUT2D eigenvalue weighted by Gasteiger charge is -2.01. The smallest absolute Gasteiger partial charge is 0.309 e. The van der Waals surface area contributed by atoms with Gasteiger partial charge in [0.15, 0.2) is 0 Å². The number of carbonyl (C=O) groups is 1. The van der Waals surface area contributed by atoms with E-state index in [1.807, 2.05) is 0 Å². The van der Waals surface area contributed by atoms with E-state index in [-0.39, 0.29) is 23.4 Å². The highest BCUT2D eigenvalue weighted by Crippen LogP contribution is 2.25. The molecule has 2 N–H and O–H groups in total. The molecule has 0 fully saturated rings. The minimum atomic E-state index is -0.702. The number of rotatable bonds is 4. The van der Waals surface area contributed by atoms with Gasteiger partial charge in [0.2, 0.25) is 0 Å². The first-order chi connectivity index (χ1) is 8.45. The summed E-state index contributed by atoms with van der Waals surface area (Å²) in [5.74, 6) is -1.18. The highest BCUT2D eigenvalue weighted by molar-refractivity contribution is 5.73. The van der Waals surface area contributed by atoms with Crippen molar-refractivity contribution in [2.24, 2.45) is 0 Å². The molecule has 18 heavy (non-hydrogen) atoms. The number of nitrogen functional groups attached to an aromatic ring is 1. The number of anilines is 1. The van der Waals surface area contributed by atoms with Crippen molar-refractivity contribution in [3.8, 4) is 0 Å². The largest absolute Gasteiger partial charge is 0.469 e. The van der Waals surface area contributed by atoms with Gasteiger partial charge in [0, 0.05) is 17.7 Å². The molecule has 0 aliphatic carbocycles. The Balaban J connectivity index is 2.99. The highest BCUT2D eigenvalue weighted by Gasteiger charge is 2.14. The molecule has 1 aromatic rings. The number of ether oxygens (including phenoxy) is 1. The Kier molecular flexibility index (Phi) is 4.36. The van der Waals surface area contributed by atoms with Crippen LogP contribution in [0.5, 0.6) is 0 Å². The van der Waals surface area contributed by atoms with Crippen molar-refractivity contribution in [3.63, 3.8) is 0 Å². The maximum absolute atomic E-state index is 13.4. The highest BCUT2D eigenvalue weighted by atomic mass is 19.1. The second-order valence-electron chi connectivity index (χ2n) is 3.37. The number of nitrogens with zero attached hydrogens (tertiary/aromatic N) is 1. The van der Waals surface area contributed by atoms with Gasteiger partial charge in [-0.15, -0.1) is 0 Å². The summed E-state index contributed by atoms with van der Waals surface area (Å²) in [6.07, 6.45) is 2.57. The van der Waals surface area contributed by atoms with Gasteiger partial charge in [-0.1, -0.05) is 12.2 Å². The number of benzene rings is 1. The monoisotopic (exact) mass is 254 g/mol. The van der Waals surface area contributed by atoms with Gasteiger partial charge in [-0.3, -0.25) is 14.9 Å². The first kappa shape index (κ1) is 13.6. The third kappa shape index (κ3) is 3.27. The molecule has 1 aromatic carbocycles. The summed E-state index contributed by atoms with van der Waals surface area (Å²) in [6, 6.07) is 1.88. The molecule has 0 saturated carbocycles. The number of esters is 1. The van der Waals surface area contributed by atoms with E-state index < -0.39 is 16.7 Å². The van der Waals surface area contributed by atoms with E-state index in [0.717, 1.165) is 12.1 Å². The molecular weight excluding hydrogens is 243 g/mol. The predicted octanol–water partition coefficient (Wildman–Crippen LogP) is 1.89. The minimum absolute atomic E-state index is 0.0141. The number of nitro benzene ring substituents is 1. The second kappa shape index (κ2) is 5.76. The van der Waals surface area contributed by atoms with Crippen LogP contribution < -0.4 is 5.73 Å². The van der Waals surface area contributed by atoms with Gasteiger partial charge in [-0.2, -0.15) is 0 Å². The van der Waals surface area contributed by atoms with Gasteiger partial charge in [-0.05, 0) is 0 Å². The Bertz CT molecular complexity index is 514. The van der Waals surface area contributed by atoms with Crippen molar-refractivity contribution >= 4 is 23.4 Å². The maximum Gasteiger partial charge on any atom is 0.309 e. The molecule has 0 heterocycles. The molecule has 0 aliphatic rings. The van der Waals surface area contributed by atoms with Crippen LogP contribution in [-0.2, 0) is 9.53 Å². The summed E-state index contributed by atoms with van der Waals surface area (Å²) < 4.78 is 17.8. The summed E-state index contributed by atoms with van der Waals surface area (Å²) in [5, 5.41) is 10.6. The number of carbonyl (C=O) groups excluding carboxylic acids is 1. The average Bonchev–Trinajstić information content (AvgIpc) is 2.31. The summed E-state index contributed by atoms with van der Waals surface area (Å²) in [5.41, 5.74) is 4.67. The van der Waals surface area contributed by atoms with Crippen LogP contribution in [0, 0.1) is 15.9 Å². The fraction of sp³-hybridized carbons (Fsp3) is 0.182. The van der Waals surface area contributed by atoms with Crippen molar-refractivity contribution in [2.45, 2.75) is 6.42 Å². The van der Waals surface area contributed by atoms with Crippen molar-refractivity contribution < 1.29 is 18.8 Å². The lowest BCUT2D eigenvalue weighted by Crippen LogP contribution is -1.98. The first-order valence-corrected chi connectivity index (χ1v) is 4.92. The van der Waals surface area contributed by atoms with Crippen LogP contribution in [-0.4, -0.2) is 18.0 Å². The third-order valence-electron chi connectivity index (χ3n) is 2.15. The van der Waals surface area contributed by atoms with Crippen LogP contribution >= 0.6 is 0 Å². The average molecular weight is 254 g/mol. The van der Waals surface area contributed by atoms with Gasteiger partial charge in [0.05, 0.1) is 18.5 Å². The van der Waals surface area contributed by atoms with E-state index in [4.69, 9.17) is 5.73 Å². The Morgan fingerprint density at radius 1 is 1.61 bits per heavy atom. The molecule has 6 nitrogen and oxygen atoms in total. The van der Waals surface area contributed by atoms with Crippen molar-refractivity contribution in [1.29, 1.82) is 0 Å². The lowest BCUT2D eigenvalue weighted by molar-refractivity contribution is -0.384. The van der Waals surface area contributed by atoms with Crippen LogP contribution in [0.1, 0.15) is 12.0 Å². The van der Waals surface area contributed by atoms with E-state index >= 15 is 0 Å². The zero-order chi connectivity index (χ0) is 13.7. The van der Waals surface area contributed by atoms with Crippen molar-refractivity contribution in [2.75, 3.05) is 12.8 Å². The van der Waals surface area contributed by atoms with Crippen LogP contribution in [0.25, 0.3) is 6.08 Å². The standard InChI is InChI=1S/C11H11FN2O4/c1-18-11(15)4-2-3-7-5-10(14(16)17)9(13)6-8(7)12/h2-3,5-6H,4,13H2,1H3. The van der Waals surface area contributed by atoms with E-state index in [2.05, 4.69) is 4.74 Å². The number of methoxy groups -OCH3 is 1. The molecule has 1 rings (SSSR count). The SMILES string of the molecule is COC(=O)CC=Cc1cc([N+](=O)[O-])c(N)cc1F. The van der Waals surface area contributed by atoms with Gasteiger partial charge in [0.1, 0.15) is 11.5 Å². The molecule has 0 aliphatic heterocycles. The molecule has 0 bridgehead atoms. The topological polar surface area (TPSA) is 95.5 Å². The van der Waals surface area contributed by atoms with Crippen LogP contribution in [0.4, 0.5) is 15.8 Å². The van der Waals surface area contributed by atoms with Gasteiger partial charge in [0.25, 0.3) is 5.69 Å². The van der Waals surface area contributed by atoms with E-state index in [1.165, 1.54) is 19.3 Å². The van der Waals surface area contributed by atoms with Crippen molar-refractivity contribution in [1.82, 2.24) is 0 Å². The molecule has 0 atom stereocenters. The molecule has 0 spiro atoms. The number of nitrogens with two attached hydrogens (primary N) is 1. The summed E-state index contributed by atoms with van der Waals surface area (Å²) >= 11 is 0. The molecular formula is C11H11FN2O4. The van der Waals surface area contributed by atoms with E-state index in [1.54, 1.807) is 0 Å². The zero-order valence-electron chi connectivity index (χ0n) is 9.55. The fourth-order valence-electron chi connectivity index (χ4n) is 1.24. The zero-order valence-corrected chi connectivity index (χ0v) is 9.55. The van der Waals surface area contributed by atoms with Crippen LogP contribution in [0.2, 0.25) is 0 Å². The Hall–Kier alpha value is -2.44. The molecule has 0 amide bonds. The number of hydrogen-bond donors (Lipinski definition) is 1. The summed E-state index contributed by atoms with van der Waals surface area (Å²) in [6.45, 7) is 0. The summed E-state index contributed by atoms with van der Waals surface area (Å²) in [4.78, 5) is 20.7. The molecule has 0 aromatic heterocycles. The molecule has 0 saturated heterocycles. The quantitative estimate of drug-likeness (QED) is 0.383. The molecule has 0 unspecified atom stereocenters. The maximum atomic E-state index is 13.4. The Morgan fingerprint density at radius 3 is 2.83 bits per heavy atom. The predicted molar refractivity (Wildman–Crippen MR) is 63.1 cm³/mol. The molecule has 96 valence electrons. The van der Waals surface area contributed by atoms with Crippen molar-refractivity contribution in [3.05, 3.63) is 39.7 Å². The number of hydrogen-bond acceptors (Lipinski definition) is 5. The molecule has 0 radical (unpaired) electrons. The van der Waals surface area contributed by atoms with Gasteiger partial charge in [-0.25, -0.2) is 4.39 Å². The Labute approximate surface area is 102 Å². The van der Waals surface area contributed by atoms with E-state index in [0.29, 0.717) is 0 Å². The third-order valence-corrected chi connectivity index (χ3v) is 2.15. The summed E-state index contributed by atoms with van der Waals surface area (Å²) in [7, 11) is 1.23. The number of nitro groups is 1. The second-order valence-corrected chi connectivity index (χ2v) is 3.37. The lowest BCUT2D eigenvalue weighted by atomic mass is 10.1. The van der Waals surface area contributed by atoms with E-state index in [9.17, 15) is 19.3 Å². The number of halogens is 1. The van der Waals surface area contributed by atoms with Gasteiger partial charge >= 0.3 is 5.97 Å². The van der Waals surface area contributed by atoms with Crippen LogP contribution in [0.3, 0.4) is 0 Å². The first-order valence-electron chi connectivity index (χ1n) is 4.92. The Morgan fingerprint density at radius 2 is 2.28 bits per heavy atom. The van der Waals surface area contributed by atoms with Gasteiger partial charge < -0.3 is 10.5 Å². The fourth-order valence-corrected chi connectivity index (χ4v) is 1.24. The molecule has 7 heteroatoms. The minimum Gasteiger partial charge on any atom is -0.469 e. The van der Waals surface area contributed by atoms with Crippen LogP contribution in [0.15, 0.2) is 18.2 Å².